The van der Waals surface area contributed by atoms with E-state index in [1.165, 1.54) is 25.7 Å². The van der Waals surface area contributed by atoms with Gasteiger partial charge in [-0.25, -0.2) is 0 Å². The molecule has 20 heavy (non-hydrogen) atoms. The molecule has 0 bridgehead atoms. The fourth-order valence-corrected chi connectivity index (χ4v) is 3.84. The predicted molar refractivity (Wildman–Crippen MR) is 83.9 cm³/mol. The van der Waals surface area contributed by atoms with E-state index in [0.717, 1.165) is 35.7 Å². The molecule has 1 unspecified atom stereocenters. The number of nitrogens with one attached hydrogen (secondary N) is 1. The monoisotopic (exact) mass is 297 g/mol. The molecule has 0 aliphatic heterocycles. The Balaban J connectivity index is 1.81. The molecule has 1 aromatic heterocycles. The topological polar surface area (TPSA) is 51.0 Å². The largest absolute Gasteiger partial charge is 0.339 e. The number of nitrogens with zero attached hydrogens (tertiary/aromatic N) is 2. The SMILES string of the molecule is CCNC(Cc1nc(CSC2CCCC2)no1)C(C)C. The molecule has 0 radical (unpaired) electrons. The second-order valence-corrected chi connectivity index (χ2v) is 7.22. The highest BCUT2D eigenvalue weighted by atomic mass is 32.2. The van der Waals surface area contributed by atoms with Crippen molar-refractivity contribution in [1.29, 1.82) is 0 Å². The van der Waals surface area contributed by atoms with Gasteiger partial charge in [0.25, 0.3) is 0 Å². The average molecular weight is 297 g/mol. The fourth-order valence-electron chi connectivity index (χ4n) is 2.67. The van der Waals surface area contributed by atoms with Gasteiger partial charge in [-0.3, -0.25) is 0 Å². The van der Waals surface area contributed by atoms with E-state index in [1.807, 2.05) is 11.8 Å². The Kier molecular flexibility index (Phi) is 6.36. The summed E-state index contributed by atoms with van der Waals surface area (Å²) in [4.78, 5) is 4.54. The third-order valence-corrected chi connectivity index (χ3v) is 5.29. The molecule has 1 N–H and O–H groups in total. The van der Waals surface area contributed by atoms with Gasteiger partial charge in [0, 0.05) is 17.7 Å². The van der Waals surface area contributed by atoms with E-state index < -0.39 is 0 Å². The summed E-state index contributed by atoms with van der Waals surface area (Å²) < 4.78 is 5.39. The standard InChI is InChI=1S/C15H27N3OS/c1-4-16-13(11(2)3)9-15-17-14(18-19-15)10-20-12-7-5-6-8-12/h11-13,16H,4-10H2,1-3H3. The Labute approximate surface area is 126 Å². The summed E-state index contributed by atoms with van der Waals surface area (Å²) in [5, 5.41) is 8.41. The average Bonchev–Trinajstić information content (AvgIpc) is 3.07. The van der Waals surface area contributed by atoms with E-state index in [-0.39, 0.29) is 0 Å². The van der Waals surface area contributed by atoms with Crippen LogP contribution >= 0.6 is 11.8 Å². The molecule has 1 aromatic rings. The van der Waals surface area contributed by atoms with Gasteiger partial charge in [0.1, 0.15) is 0 Å². The Hall–Kier alpha value is -0.550. The van der Waals surface area contributed by atoms with E-state index in [0.29, 0.717) is 12.0 Å². The zero-order valence-electron chi connectivity index (χ0n) is 12.9. The molecule has 0 aromatic carbocycles. The third kappa shape index (κ3) is 4.77. The van der Waals surface area contributed by atoms with Crippen LogP contribution in [0, 0.1) is 5.92 Å². The number of thioether (sulfide) groups is 1. The Bertz CT molecular complexity index is 388. The van der Waals surface area contributed by atoms with Crippen LogP contribution in [-0.4, -0.2) is 28.0 Å². The maximum atomic E-state index is 5.39. The second kappa shape index (κ2) is 8.03. The number of hydrogen-bond donors (Lipinski definition) is 1. The van der Waals surface area contributed by atoms with Crippen LogP contribution in [0.1, 0.15) is 58.2 Å². The molecule has 0 saturated heterocycles. The first-order valence-electron chi connectivity index (χ1n) is 7.85. The van der Waals surface area contributed by atoms with Gasteiger partial charge in [0.2, 0.25) is 5.89 Å². The molecule has 114 valence electrons. The molecule has 1 saturated carbocycles. The minimum Gasteiger partial charge on any atom is -0.339 e. The predicted octanol–water partition coefficient (Wildman–Crippen LogP) is 3.42. The maximum Gasteiger partial charge on any atom is 0.228 e. The van der Waals surface area contributed by atoms with Crippen LogP contribution in [0.25, 0.3) is 0 Å². The highest BCUT2D eigenvalue weighted by Crippen LogP contribution is 2.31. The smallest absolute Gasteiger partial charge is 0.228 e. The third-order valence-electron chi connectivity index (χ3n) is 3.93. The van der Waals surface area contributed by atoms with Gasteiger partial charge in [-0.2, -0.15) is 16.7 Å². The molecule has 1 aliphatic rings. The van der Waals surface area contributed by atoms with Crippen LogP contribution in [-0.2, 0) is 12.2 Å². The van der Waals surface area contributed by atoms with E-state index in [9.17, 15) is 0 Å². The summed E-state index contributed by atoms with van der Waals surface area (Å²) in [6.07, 6.45) is 6.30. The van der Waals surface area contributed by atoms with Crippen LogP contribution in [0.2, 0.25) is 0 Å². The lowest BCUT2D eigenvalue weighted by Gasteiger charge is -2.19. The van der Waals surface area contributed by atoms with Crippen molar-refractivity contribution >= 4 is 11.8 Å². The first kappa shape index (κ1) is 15.8. The van der Waals surface area contributed by atoms with Gasteiger partial charge in [0.05, 0.1) is 5.75 Å². The van der Waals surface area contributed by atoms with Crippen LogP contribution in [0.15, 0.2) is 4.52 Å². The lowest BCUT2D eigenvalue weighted by atomic mass is 10.0. The fraction of sp³-hybridized carbons (Fsp3) is 0.867. The van der Waals surface area contributed by atoms with E-state index in [2.05, 4.69) is 36.2 Å². The summed E-state index contributed by atoms with van der Waals surface area (Å²) in [5.41, 5.74) is 0. The van der Waals surface area contributed by atoms with Gasteiger partial charge in [-0.15, -0.1) is 0 Å². The van der Waals surface area contributed by atoms with Crippen LogP contribution in [0.4, 0.5) is 0 Å². The Morgan fingerprint density at radius 1 is 1.35 bits per heavy atom. The number of rotatable bonds is 8. The summed E-state index contributed by atoms with van der Waals surface area (Å²) in [6.45, 7) is 7.55. The molecular weight excluding hydrogens is 270 g/mol. The highest BCUT2D eigenvalue weighted by Gasteiger charge is 2.19. The molecule has 0 spiro atoms. The van der Waals surface area contributed by atoms with Crippen molar-refractivity contribution in [3.05, 3.63) is 11.7 Å². The molecule has 5 heteroatoms. The summed E-state index contributed by atoms with van der Waals surface area (Å²) in [5.74, 6) is 3.09. The van der Waals surface area contributed by atoms with E-state index in [4.69, 9.17) is 4.52 Å². The van der Waals surface area contributed by atoms with Gasteiger partial charge in [-0.1, -0.05) is 38.8 Å². The van der Waals surface area contributed by atoms with Gasteiger partial charge in [-0.05, 0) is 25.3 Å². The quantitative estimate of drug-likeness (QED) is 0.796. The zero-order valence-corrected chi connectivity index (χ0v) is 13.7. The number of aromatic nitrogens is 2. The molecule has 0 amide bonds. The molecule has 1 atom stereocenters. The molecule has 1 heterocycles. The second-order valence-electron chi connectivity index (χ2n) is 5.93. The normalized spacial score (nSPS) is 18.0. The lowest BCUT2D eigenvalue weighted by Crippen LogP contribution is -2.35. The van der Waals surface area contributed by atoms with Crippen molar-refractivity contribution in [2.45, 2.75) is 69.9 Å². The molecule has 2 rings (SSSR count). The Morgan fingerprint density at radius 2 is 2.10 bits per heavy atom. The van der Waals surface area contributed by atoms with Crippen LogP contribution in [0.3, 0.4) is 0 Å². The van der Waals surface area contributed by atoms with Crippen molar-refractivity contribution in [3.63, 3.8) is 0 Å². The minimum atomic E-state index is 0.413. The van der Waals surface area contributed by atoms with E-state index in [1.54, 1.807) is 0 Å². The summed E-state index contributed by atoms with van der Waals surface area (Å²) >= 11 is 1.99. The summed E-state index contributed by atoms with van der Waals surface area (Å²) in [6, 6.07) is 0.413. The number of likely N-dealkylation sites (N-methyl/N-ethyl adjacent to an activating group) is 1. The minimum absolute atomic E-state index is 0.413. The van der Waals surface area contributed by atoms with Gasteiger partial charge < -0.3 is 9.84 Å². The molecule has 4 nitrogen and oxygen atoms in total. The summed E-state index contributed by atoms with van der Waals surface area (Å²) in [7, 11) is 0. The zero-order chi connectivity index (χ0) is 14.4. The highest BCUT2D eigenvalue weighted by molar-refractivity contribution is 7.99. The first-order chi connectivity index (χ1) is 9.69. The van der Waals surface area contributed by atoms with Crippen molar-refractivity contribution in [1.82, 2.24) is 15.5 Å². The lowest BCUT2D eigenvalue weighted by molar-refractivity contribution is 0.327. The van der Waals surface area contributed by atoms with Crippen molar-refractivity contribution in [2.75, 3.05) is 6.54 Å². The maximum absolute atomic E-state index is 5.39. The number of hydrogen-bond acceptors (Lipinski definition) is 5. The van der Waals surface area contributed by atoms with Crippen LogP contribution in [0.5, 0.6) is 0 Å². The van der Waals surface area contributed by atoms with Gasteiger partial charge in [0.15, 0.2) is 5.82 Å². The van der Waals surface area contributed by atoms with Crippen molar-refractivity contribution in [2.24, 2.45) is 5.92 Å². The molecule has 1 aliphatic carbocycles. The first-order valence-corrected chi connectivity index (χ1v) is 8.90. The van der Waals surface area contributed by atoms with Crippen LogP contribution < -0.4 is 5.32 Å². The molecule has 1 fully saturated rings. The Morgan fingerprint density at radius 3 is 2.75 bits per heavy atom. The van der Waals surface area contributed by atoms with Gasteiger partial charge >= 0.3 is 0 Å². The van der Waals surface area contributed by atoms with Crippen molar-refractivity contribution in [3.8, 4) is 0 Å². The molecular formula is C15H27N3OS. The van der Waals surface area contributed by atoms with Crippen molar-refractivity contribution < 1.29 is 4.52 Å². The van der Waals surface area contributed by atoms with E-state index >= 15 is 0 Å².